The van der Waals surface area contributed by atoms with Crippen molar-refractivity contribution in [1.29, 1.82) is 0 Å². The number of nitrogens with zero attached hydrogens (tertiary/aromatic N) is 1. The second-order valence-electron chi connectivity index (χ2n) is 4.94. The molecule has 3 aromatic rings. The molecule has 22 heavy (non-hydrogen) atoms. The number of hydrogen-bond donors (Lipinski definition) is 2. The van der Waals surface area contributed by atoms with Gasteiger partial charge in [-0.25, -0.2) is 0 Å². The number of H-pyrrole nitrogens is 1. The number of aromatic hydroxyl groups is 1. The van der Waals surface area contributed by atoms with Crippen molar-refractivity contribution >= 4 is 17.4 Å². The molecule has 5 heteroatoms. The number of ketones is 1. The number of hydrogen-bond acceptors (Lipinski definition) is 3. The molecule has 0 atom stereocenters. The van der Waals surface area contributed by atoms with Crippen molar-refractivity contribution in [2.24, 2.45) is 0 Å². The molecule has 0 aliphatic rings. The number of benzene rings is 2. The Labute approximate surface area is 132 Å². The fourth-order valence-electron chi connectivity index (χ4n) is 2.13. The summed E-state index contributed by atoms with van der Waals surface area (Å²) < 4.78 is 0. The van der Waals surface area contributed by atoms with Crippen molar-refractivity contribution in [2.75, 3.05) is 0 Å². The van der Waals surface area contributed by atoms with Gasteiger partial charge < -0.3 is 5.11 Å². The van der Waals surface area contributed by atoms with E-state index in [1.165, 1.54) is 0 Å². The van der Waals surface area contributed by atoms with Crippen molar-refractivity contribution in [3.8, 4) is 17.0 Å². The molecule has 1 heterocycles. The normalized spacial score (nSPS) is 10.6. The number of nitrogens with one attached hydrogen (secondary N) is 1. The van der Waals surface area contributed by atoms with Gasteiger partial charge in [0, 0.05) is 17.0 Å². The number of phenolic OH excluding ortho intramolecular Hbond substituents is 1. The highest BCUT2D eigenvalue weighted by Crippen LogP contribution is 2.21. The smallest absolute Gasteiger partial charge is 0.184 e. The molecule has 0 aliphatic carbocycles. The van der Waals surface area contributed by atoms with E-state index >= 15 is 0 Å². The van der Waals surface area contributed by atoms with Crippen LogP contribution in [0.1, 0.15) is 16.1 Å². The number of aromatic nitrogens is 2. The lowest BCUT2D eigenvalue weighted by atomic mass is 10.1. The van der Waals surface area contributed by atoms with E-state index in [0.717, 1.165) is 11.1 Å². The Morgan fingerprint density at radius 2 is 1.77 bits per heavy atom. The quantitative estimate of drug-likeness (QED) is 0.719. The molecule has 0 saturated carbocycles. The zero-order valence-electron chi connectivity index (χ0n) is 11.6. The van der Waals surface area contributed by atoms with Crippen molar-refractivity contribution in [3.05, 3.63) is 70.9 Å². The molecule has 3 rings (SSSR count). The van der Waals surface area contributed by atoms with Crippen LogP contribution in [0.2, 0.25) is 5.02 Å². The second-order valence-corrected chi connectivity index (χ2v) is 5.38. The highest BCUT2D eigenvalue weighted by molar-refractivity contribution is 6.30. The summed E-state index contributed by atoms with van der Waals surface area (Å²) in [7, 11) is 0. The van der Waals surface area contributed by atoms with Crippen molar-refractivity contribution in [2.45, 2.75) is 6.42 Å². The molecule has 2 N–H and O–H groups in total. The van der Waals surface area contributed by atoms with Crippen molar-refractivity contribution < 1.29 is 9.90 Å². The summed E-state index contributed by atoms with van der Waals surface area (Å²) in [5.74, 6) is 0.151. The molecule has 1 aromatic heterocycles. The van der Waals surface area contributed by atoms with Crippen LogP contribution >= 0.6 is 11.6 Å². The summed E-state index contributed by atoms with van der Waals surface area (Å²) in [5, 5.41) is 16.8. The average Bonchev–Trinajstić information content (AvgIpc) is 3.00. The van der Waals surface area contributed by atoms with Gasteiger partial charge in [0.2, 0.25) is 0 Å². The van der Waals surface area contributed by atoms with Gasteiger partial charge in [0.25, 0.3) is 0 Å². The third-order valence-corrected chi connectivity index (χ3v) is 3.57. The molecule has 0 radical (unpaired) electrons. The lowest BCUT2D eigenvalue weighted by Gasteiger charge is -1.99. The molecule has 0 spiro atoms. The molecule has 0 fully saturated rings. The van der Waals surface area contributed by atoms with Gasteiger partial charge in [-0.15, -0.1) is 0 Å². The van der Waals surface area contributed by atoms with Gasteiger partial charge in [-0.2, -0.15) is 5.10 Å². The zero-order chi connectivity index (χ0) is 15.5. The largest absolute Gasteiger partial charge is 0.508 e. The number of aromatic amines is 1. The van der Waals surface area contributed by atoms with E-state index in [9.17, 15) is 9.90 Å². The van der Waals surface area contributed by atoms with Gasteiger partial charge in [-0.1, -0.05) is 23.7 Å². The monoisotopic (exact) mass is 312 g/mol. The number of Topliss-reactive ketones (excluding diaryl/α,β-unsaturated/α-hetero) is 1. The highest BCUT2D eigenvalue weighted by Gasteiger charge is 2.12. The van der Waals surface area contributed by atoms with Crippen LogP contribution in [0, 0.1) is 0 Å². The molecule has 0 saturated heterocycles. The first-order chi connectivity index (χ1) is 10.6. The maximum absolute atomic E-state index is 12.3. The van der Waals surface area contributed by atoms with E-state index < -0.39 is 0 Å². The Morgan fingerprint density at radius 1 is 1.09 bits per heavy atom. The fraction of sp³-hybridized carbons (Fsp3) is 0.0588. The third-order valence-electron chi connectivity index (χ3n) is 3.32. The van der Waals surface area contributed by atoms with E-state index in [-0.39, 0.29) is 18.0 Å². The minimum absolute atomic E-state index is 0.0418. The lowest BCUT2D eigenvalue weighted by Crippen LogP contribution is -2.03. The Morgan fingerprint density at radius 3 is 2.45 bits per heavy atom. The first-order valence-corrected chi connectivity index (χ1v) is 7.12. The topological polar surface area (TPSA) is 66.0 Å². The summed E-state index contributed by atoms with van der Waals surface area (Å²) in [6, 6.07) is 15.6. The number of carbonyl (C=O) groups excluding carboxylic acids is 1. The molecule has 0 amide bonds. The Bertz CT molecular complexity index is 792. The Balaban J connectivity index is 1.76. The van der Waals surface area contributed by atoms with Crippen LogP contribution in [-0.4, -0.2) is 21.1 Å². The lowest BCUT2D eigenvalue weighted by molar-refractivity contribution is 0.0988. The maximum Gasteiger partial charge on any atom is 0.184 e. The molecular weight excluding hydrogens is 300 g/mol. The van der Waals surface area contributed by atoms with Crippen LogP contribution in [-0.2, 0) is 6.42 Å². The second kappa shape index (κ2) is 6.03. The Hall–Kier alpha value is -2.59. The molecule has 0 bridgehead atoms. The van der Waals surface area contributed by atoms with Crippen molar-refractivity contribution in [3.63, 3.8) is 0 Å². The summed E-state index contributed by atoms with van der Waals surface area (Å²) in [6.07, 6.45) is 0.286. The highest BCUT2D eigenvalue weighted by atomic mass is 35.5. The van der Waals surface area contributed by atoms with Crippen molar-refractivity contribution in [1.82, 2.24) is 10.2 Å². The molecule has 0 aliphatic heterocycles. The average molecular weight is 313 g/mol. The zero-order valence-corrected chi connectivity index (χ0v) is 12.3. The first-order valence-electron chi connectivity index (χ1n) is 6.74. The van der Waals surface area contributed by atoms with Crippen LogP contribution in [0.3, 0.4) is 0 Å². The van der Waals surface area contributed by atoms with Gasteiger partial charge in [0.15, 0.2) is 5.78 Å². The van der Waals surface area contributed by atoms with E-state index in [2.05, 4.69) is 10.2 Å². The molecule has 110 valence electrons. The number of halogens is 1. The molecule has 2 aromatic carbocycles. The van der Waals surface area contributed by atoms with Gasteiger partial charge in [-0.3, -0.25) is 9.89 Å². The van der Waals surface area contributed by atoms with Crippen LogP contribution in [0.25, 0.3) is 11.3 Å². The van der Waals surface area contributed by atoms with Gasteiger partial charge in [0.1, 0.15) is 11.4 Å². The predicted octanol–water partition coefficient (Wildman–Crippen LogP) is 3.86. The predicted molar refractivity (Wildman–Crippen MR) is 85.2 cm³/mol. The minimum Gasteiger partial charge on any atom is -0.508 e. The number of rotatable bonds is 4. The van der Waals surface area contributed by atoms with Crippen LogP contribution in [0.5, 0.6) is 5.75 Å². The van der Waals surface area contributed by atoms with Crippen LogP contribution < -0.4 is 0 Å². The van der Waals surface area contributed by atoms with Gasteiger partial charge in [0.05, 0.1) is 5.69 Å². The maximum atomic E-state index is 12.3. The van der Waals surface area contributed by atoms with E-state index in [1.807, 2.05) is 12.1 Å². The summed E-state index contributed by atoms with van der Waals surface area (Å²) in [6.45, 7) is 0. The molecule has 0 unspecified atom stereocenters. The van der Waals surface area contributed by atoms with Gasteiger partial charge >= 0.3 is 0 Å². The SMILES string of the molecule is O=C(Cc1ccc(Cl)cc1)c1cc(-c2ccc(O)cc2)n[nH]1. The molecular formula is C17H13ClN2O2. The number of carbonyl (C=O) groups is 1. The van der Waals surface area contributed by atoms with E-state index in [0.29, 0.717) is 16.4 Å². The summed E-state index contributed by atoms with van der Waals surface area (Å²) in [4.78, 5) is 12.3. The Kier molecular flexibility index (Phi) is 3.94. The van der Waals surface area contributed by atoms with E-state index in [1.54, 1.807) is 42.5 Å². The third kappa shape index (κ3) is 3.18. The molecule has 4 nitrogen and oxygen atoms in total. The standard InChI is InChI=1S/C17H13ClN2O2/c18-13-5-1-11(2-6-13)9-17(22)16-10-15(19-20-16)12-3-7-14(21)8-4-12/h1-8,10,21H,9H2,(H,19,20). The summed E-state index contributed by atoms with van der Waals surface area (Å²) in [5.41, 5.74) is 2.85. The number of phenols is 1. The minimum atomic E-state index is -0.0418. The summed E-state index contributed by atoms with van der Waals surface area (Å²) >= 11 is 5.83. The van der Waals surface area contributed by atoms with E-state index in [4.69, 9.17) is 11.6 Å². The van der Waals surface area contributed by atoms with Crippen LogP contribution in [0.15, 0.2) is 54.6 Å². The van der Waals surface area contributed by atoms with Gasteiger partial charge in [-0.05, 0) is 48.0 Å². The fourth-order valence-corrected chi connectivity index (χ4v) is 2.25. The first kappa shape index (κ1) is 14.4. The van der Waals surface area contributed by atoms with Crippen LogP contribution in [0.4, 0.5) is 0 Å².